The largest absolute Gasteiger partial charge is 0.377 e. The molecule has 1 heterocycles. The standard InChI is InChI=1S/C17H34N4O2.HI/c1-17(2,3)15-13(8-7-11-23-15)12-20-16(18-4)19-10-9-14(22)21(5)6;/h13,15H,7-12H2,1-6H3,(H2,18,19,20);1H. The average molecular weight is 454 g/mol. The summed E-state index contributed by atoms with van der Waals surface area (Å²) in [5.41, 5.74) is 0.141. The van der Waals surface area contributed by atoms with Crippen molar-refractivity contribution in [2.75, 3.05) is 40.8 Å². The van der Waals surface area contributed by atoms with Crippen molar-refractivity contribution in [2.45, 2.75) is 46.1 Å². The molecule has 0 radical (unpaired) electrons. The lowest BCUT2D eigenvalue weighted by Gasteiger charge is -2.40. The molecule has 0 aliphatic carbocycles. The van der Waals surface area contributed by atoms with Crippen LogP contribution in [0.15, 0.2) is 4.99 Å². The smallest absolute Gasteiger partial charge is 0.223 e. The van der Waals surface area contributed by atoms with Gasteiger partial charge in [-0.25, -0.2) is 0 Å². The lowest BCUT2D eigenvalue weighted by molar-refractivity contribution is -0.128. The molecule has 1 saturated heterocycles. The van der Waals surface area contributed by atoms with E-state index in [1.54, 1.807) is 26.0 Å². The third-order valence-corrected chi connectivity index (χ3v) is 4.18. The van der Waals surface area contributed by atoms with Crippen molar-refractivity contribution in [3.8, 4) is 0 Å². The maximum atomic E-state index is 11.6. The Bertz CT molecular complexity index is 408. The second-order valence-electron chi connectivity index (χ2n) is 7.48. The number of halogens is 1. The molecule has 24 heavy (non-hydrogen) atoms. The molecule has 1 aliphatic heterocycles. The van der Waals surface area contributed by atoms with Gasteiger partial charge in [0.25, 0.3) is 0 Å². The van der Waals surface area contributed by atoms with E-state index in [1.807, 2.05) is 0 Å². The summed E-state index contributed by atoms with van der Waals surface area (Å²) in [5, 5.41) is 6.58. The highest BCUT2D eigenvalue weighted by Crippen LogP contribution is 2.33. The molecule has 1 rings (SSSR count). The fourth-order valence-electron chi connectivity index (χ4n) is 2.97. The van der Waals surface area contributed by atoms with E-state index in [1.165, 1.54) is 6.42 Å². The van der Waals surface area contributed by atoms with Gasteiger partial charge in [0.2, 0.25) is 5.91 Å². The maximum absolute atomic E-state index is 11.6. The number of amides is 1. The van der Waals surface area contributed by atoms with Gasteiger partial charge >= 0.3 is 0 Å². The van der Waals surface area contributed by atoms with Crippen LogP contribution in [-0.4, -0.2) is 63.7 Å². The molecule has 1 fully saturated rings. The van der Waals surface area contributed by atoms with Gasteiger partial charge in [-0.15, -0.1) is 24.0 Å². The van der Waals surface area contributed by atoms with Crippen molar-refractivity contribution in [3.63, 3.8) is 0 Å². The van der Waals surface area contributed by atoms with Crippen LogP contribution in [0.4, 0.5) is 0 Å². The quantitative estimate of drug-likeness (QED) is 0.380. The highest BCUT2D eigenvalue weighted by atomic mass is 127. The third-order valence-electron chi connectivity index (χ3n) is 4.18. The highest BCUT2D eigenvalue weighted by molar-refractivity contribution is 14.0. The first-order valence-corrected chi connectivity index (χ1v) is 8.52. The summed E-state index contributed by atoms with van der Waals surface area (Å²) in [6.07, 6.45) is 3.01. The number of guanidine groups is 1. The van der Waals surface area contributed by atoms with Crippen LogP contribution in [0.3, 0.4) is 0 Å². The summed E-state index contributed by atoms with van der Waals surface area (Å²) in [6, 6.07) is 0. The molecule has 0 aromatic heterocycles. The first-order valence-electron chi connectivity index (χ1n) is 8.52. The Labute approximate surface area is 164 Å². The van der Waals surface area contributed by atoms with Gasteiger partial charge < -0.3 is 20.3 Å². The lowest BCUT2D eigenvalue weighted by Crippen LogP contribution is -2.47. The SMILES string of the molecule is CN=C(NCCC(=O)N(C)C)NCC1CCCOC1C(C)(C)C.I. The minimum Gasteiger partial charge on any atom is -0.377 e. The van der Waals surface area contributed by atoms with Crippen LogP contribution in [0, 0.1) is 11.3 Å². The number of nitrogens with one attached hydrogen (secondary N) is 2. The number of ether oxygens (including phenoxy) is 1. The fraction of sp³-hybridized carbons (Fsp3) is 0.882. The van der Waals surface area contributed by atoms with Crippen molar-refractivity contribution < 1.29 is 9.53 Å². The molecule has 0 spiro atoms. The molecule has 1 amide bonds. The Balaban J connectivity index is 0.00000529. The topological polar surface area (TPSA) is 66.0 Å². The first kappa shape index (κ1) is 23.4. The molecule has 2 N–H and O–H groups in total. The van der Waals surface area contributed by atoms with E-state index < -0.39 is 0 Å². The Morgan fingerprint density at radius 2 is 1.96 bits per heavy atom. The molecule has 0 aromatic rings. The minimum absolute atomic E-state index is 0. The molecule has 2 atom stereocenters. The molecule has 0 bridgehead atoms. The number of carbonyl (C=O) groups excluding carboxylic acids is 1. The summed E-state index contributed by atoms with van der Waals surface area (Å²) in [7, 11) is 5.29. The van der Waals surface area contributed by atoms with E-state index in [2.05, 4.69) is 36.4 Å². The van der Waals surface area contributed by atoms with Gasteiger partial charge in [-0.2, -0.15) is 0 Å². The van der Waals surface area contributed by atoms with Crippen LogP contribution in [0.2, 0.25) is 0 Å². The zero-order chi connectivity index (χ0) is 17.5. The summed E-state index contributed by atoms with van der Waals surface area (Å²) < 4.78 is 6.01. The van der Waals surface area contributed by atoms with Crippen molar-refractivity contribution >= 4 is 35.8 Å². The number of hydrogen-bond donors (Lipinski definition) is 2. The number of nitrogens with zero attached hydrogens (tertiary/aromatic N) is 2. The summed E-state index contributed by atoms with van der Waals surface area (Å²) in [5.74, 6) is 1.34. The van der Waals surface area contributed by atoms with Crippen LogP contribution < -0.4 is 10.6 Å². The van der Waals surface area contributed by atoms with Gasteiger partial charge in [-0.05, 0) is 18.3 Å². The zero-order valence-corrected chi connectivity index (χ0v) is 18.3. The average Bonchev–Trinajstić information content (AvgIpc) is 2.49. The summed E-state index contributed by atoms with van der Waals surface area (Å²) in [4.78, 5) is 17.4. The van der Waals surface area contributed by atoms with Crippen LogP contribution >= 0.6 is 24.0 Å². The van der Waals surface area contributed by atoms with E-state index in [-0.39, 0.29) is 41.4 Å². The fourth-order valence-corrected chi connectivity index (χ4v) is 2.97. The van der Waals surface area contributed by atoms with Gasteiger partial charge in [0.15, 0.2) is 5.96 Å². The van der Waals surface area contributed by atoms with Crippen molar-refractivity contribution in [2.24, 2.45) is 16.3 Å². The number of aliphatic imine (C=N–C) groups is 1. The predicted molar refractivity (Wildman–Crippen MR) is 110 cm³/mol. The van der Waals surface area contributed by atoms with Gasteiger partial charge in [-0.1, -0.05) is 20.8 Å². The van der Waals surface area contributed by atoms with E-state index in [0.29, 0.717) is 18.9 Å². The van der Waals surface area contributed by atoms with Crippen molar-refractivity contribution in [1.82, 2.24) is 15.5 Å². The summed E-state index contributed by atoms with van der Waals surface area (Å²) >= 11 is 0. The first-order chi connectivity index (χ1) is 10.8. The van der Waals surface area contributed by atoms with E-state index in [9.17, 15) is 4.79 Å². The third kappa shape index (κ3) is 8.00. The van der Waals surface area contributed by atoms with E-state index in [4.69, 9.17) is 4.74 Å². The van der Waals surface area contributed by atoms with Crippen molar-refractivity contribution in [1.29, 1.82) is 0 Å². The zero-order valence-electron chi connectivity index (χ0n) is 16.0. The van der Waals surface area contributed by atoms with E-state index in [0.717, 1.165) is 25.5 Å². The van der Waals surface area contributed by atoms with Crippen LogP contribution in [-0.2, 0) is 9.53 Å². The molecule has 0 aromatic carbocycles. The number of carbonyl (C=O) groups is 1. The minimum atomic E-state index is 0. The van der Waals surface area contributed by atoms with Crippen LogP contribution in [0.1, 0.15) is 40.0 Å². The Hall–Kier alpha value is -0.570. The molecule has 7 heteroatoms. The van der Waals surface area contributed by atoms with E-state index >= 15 is 0 Å². The van der Waals surface area contributed by atoms with Gasteiger partial charge in [-0.3, -0.25) is 9.79 Å². The Morgan fingerprint density at radius 1 is 1.29 bits per heavy atom. The second-order valence-corrected chi connectivity index (χ2v) is 7.48. The predicted octanol–water partition coefficient (Wildman–Crippen LogP) is 2.09. The molecule has 142 valence electrons. The summed E-state index contributed by atoms with van der Waals surface area (Å²) in [6.45, 7) is 8.98. The van der Waals surface area contributed by atoms with Crippen LogP contribution in [0.25, 0.3) is 0 Å². The number of rotatable bonds is 5. The molecular formula is C17H35IN4O2. The van der Waals surface area contributed by atoms with Gasteiger partial charge in [0.05, 0.1) is 6.10 Å². The molecule has 0 saturated carbocycles. The highest BCUT2D eigenvalue weighted by Gasteiger charge is 2.35. The molecule has 6 nitrogen and oxygen atoms in total. The number of hydrogen-bond acceptors (Lipinski definition) is 3. The van der Waals surface area contributed by atoms with Gasteiger partial charge in [0, 0.05) is 53.2 Å². The Kier molecular flexibility index (Phi) is 10.9. The van der Waals surface area contributed by atoms with Crippen molar-refractivity contribution in [3.05, 3.63) is 0 Å². The normalized spacial score (nSPS) is 21.7. The molecule has 2 unspecified atom stereocenters. The van der Waals surface area contributed by atoms with Crippen LogP contribution in [0.5, 0.6) is 0 Å². The lowest BCUT2D eigenvalue weighted by atomic mass is 9.78. The maximum Gasteiger partial charge on any atom is 0.223 e. The molecular weight excluding hydrogens is 419 g/mol. The second kappa shape index (κ2) is 11.1. The van der Waals surface area contributed by atoms with Gasteiger partial charge in [0.1, 0.15) is 0 Å². The Morgan fingerprint density at radius 3 is 2.50 bits per heavy atom. The molecule has 1 aliphatic rings. The monoisotopic (exact) mass is 454 g/mol.